The Kier molecular flexibility index (Phi) is 5.09. The van der Waals surface area contributed by atoms with Crippen LogP contribution in [-0.2, 0) is 11.2 Å². The third-order valence-electron chi connectivity index (χ3n) is 4.93. The zero-order valence-corrected chi connectivity index (χ0v) is 16.8. The average Bonchev–Trinajstić information content (AvgIpc) is 3.25. The van der Waals surface area contributed by atoms with Crippen molar-refractivity contribution < 1.29 is 9.18 Å². The van der Waals surface area contributed by atoms with Crippen molar-refractivity contribution in [2.75, 3.05) is 5.32 Å². The second-order valence-corrected chi connectivity index (χ2v) is 7.15. The number of carbonyl (C=O) groups is 1. The molecule has 7 nitrogen and oxygen atoms in total. The van der Waals surface area contributed by atoms with Gasteiger partial charge in [-0.25, -0.2) is 4.39 Å². The maximum atomic E-state index is 13.8. The molecule has 0 radical (unpaired) electrons. The Labute approximate surface area is 182 Å². The number of amides is 1. The molecule has 32 heavy (non-hydrogen) atoms. The molecule has 0 aliphatic rings. The lowest BCUT2D eigenvalue weighted by molar-refractivity contribution is -0.115. The van der Waals surface area contributed by atoms with E-state index in [1.165, 1.54) is 6.07 Å². The van der Waals surface area contributed by atoms with Crippen molar-refractivity contribution in [1.82, 2.24) is 24.8 Å². The van der Waals surface area contributed by atoms with Crippen LogP contribution in [0.1, 0.15) is 5.56 Å². The molecule has 0 bridgehead atoms. The van der Waals surface area contributed by atoms with Crippen molar-refractivity contribution in [1.29, 1.82) is 0 Å². The van der Waals surface area contributed by atoms with Crippen molar-refractivity contribution >= 4 is 17.2 Å². The third kappa shape index (κ3) is 3.93. The summed E-state index contributed by atoms with van der Waals surface area (Å²) >= 11 is 0. The monoisotopic (exact) mass is 424 g/mol. The Hall–Kier alpha value is -4.46. The van der Waals surface area contributed by atoms with Gasteiger partial charge in [0.15, 0.2) is 11.5 Å². The highest BCUT2D eigenvalue weighted by atomic mass is 19.1. The molecule has 0 aliphatic carbocycles. The summed E-state index contributed by atoms with van der Waals surface area (Å²) in [4.78, 5) is 16.5. The van der Waals surface area contributed by atoms with Gasteiger partial charge in [0.25, 0.3) is 0 Å². The highest BCUT2D eigenvalue weighted by molar-refractivity contribution is 5.92. The van der Waals surface area contributed by atoms with Crippen LogP contribution in [0, 0.1) is 5.82 Å². The van der Waals surface area contributed by atoms with E-state index in [1.807, 2.05) is 42.5 Å². The Balaban J connectivity index is 1.41. The van der Waals surface area contributed by atoms with Gasteiger partial charge in [0.05, 0.1) is 12.1 Å². The van der Waals surface area contributed by atoms with Crippen molar-refractivity contribution in [2.24, 2.45) is 0 Å². The number of fused-ring (bicyclic) bond motifs is 1. The lowest BCUT2D eigenvalue weighted by atomic mass is 10.1. The van der Waals surface area contributed by atoms with Crippen molar-refractivity contribution in [2.45, 2.75) is 6.42 Å². The van der Waals surface area contributed by atoms with E-state index in [1.54, 1.807) is 41.2 Å². The summed E-state index contributed by atoms with van der Waals surface area (Å²) in [5.41, 5.74) is 3.86. The van der Waals surface area contributed by atoms with E-state index in [4.69, 9.17) is 0 Å². The first-order chi connectivity index (χ1) is 15.7. The van der Waals surface area contributed by atoms with Gasteiger partial charge in [-0.05, 0) is 48.0 Å². The van der Waals surface area contributed by atoms with Gasteiger partial charge in [0.1, 0.15) is 5.82 Å². The van der Waals surface area contributed by atoms with Crippen LogP contribution in [-0.4, -0.2) is 30.7 Å². The minimum absolute atomic E-state index is 0.0453. The number of aromatic nitrogens is 5. The molecule has 0 fully saturated rings. The predicted octanol–water partition coefficient (Wildman–Crippen LogP) is 4.17. The molecule has 3 aromatic heterocycles. The van der Waals surface area contributed by atoms with Crippen LogP contribution in [0.5, 0.6) is 0 Å². The van der Waals surface area contributed by atoms with E-state index in [9.17, 15) is 9.18 Å². The first-order valence-electron chi connectivity index (χ1n) is 9.94. The van der Waals surface area contributed by atoms with E-state index < -0.39 is 5.82 Å². The summed E-state index contributed by atoms with van der Waals surface area (Å²) < 4.78 is 15.5. The van der Waals surface area contributed by atoms with Crippen molar-refractivity contribution in [3.05, 3.63) is 96.6 Å². The van der Waals surface area contributed by atoms with Crippen molar-refractivity contribution in [3.8, 4) is 22.6 Å². The highest BCUT2D eigenvalue weighted by Crippen LogP contribution is 2.23. The van der Waals surface area contributed by atoms with Crippen LogP contribution in [0.25, 0.3) is 28.3 Å². The summed E-state index contributed by atoms with van der Waals surface area (Å²) in [7, 11) is 0. The maximum Gasteiger partial charge on any atom is 0.228 e. The van der Waals surface area contributed by atoms with Crippen molar-refractivity contribution in [3.63, 3.8) is 0 Å². The van der Waals surface area contributed by atoms with E-state index in [0.29, 0.717) is 28.4 Å². The van der Waals surface area contributed by atoms with Gasteiger partial charge in [-0.2, -0.15) is 9.61 Å². The normalized spacial score (nSPS) is 10.9. The number of nitrogens with one attached hydrogen (secondary N) is 1. The van der Waals surface area contributed by atoms with Crippen LogP contribution in [0.3, 0.4) is 0 Å². The molecular weight excluding hydrogens is 407 g/mol. The first kappa shape index (κ1) is 19.5. The molecule has 0 spiro atoms. The molecular formula is C24H17FN6O. The molecule has 5 rings (SSSR count). The Morgan fingerprint density at radius 3 is 2.66 bits per heavy atom. The second-order valence-electron chi connectivity index (χ2n) is 7.15. The summed E-state index contributed by atoms with van der Waals surface area (Å²) in [6, 6.07) is 21.0. The summed E-state index contributed by atoms with van der Waals surface area (Å²) in [5, 5.41) is 15.9. The number of anilines is 1. The standard InChI is InChI=1S/C24H17FN6O/c25-20-9-2-1-5-16(20)14-23(32)27-19-8-3-6-17(13-19)21-10-11-22-28-29-24(31(22)30-21)18-7-4-12-26-15-18/h1-13,15H,14H2,(H,27,32). The van der Waals surface area contributed by atoms with E-state index in [0.717, 1.165) is 11.1 Å². The lowest BCUT2D eigenvalue weighted by Crippen LogP contribution is -2.15. The molecule has 0 aliphatic heterocycles. The zero-order chi connectivity index (χ0) is 21.9. The van der Waals surface area contributed by atoms with Gasteiger partial charge < -0.3 is 5.32 Å². The molecule has 0 unspecified atom stereocenters. The molecule has 2 aromatic carbocycles. The van der Waals surface area contributed by atoms with Crippen LogP contribution in [0.4, 0.5) is 10.1 Å². The number of hydrogen-bond donors (Lipinski definition) is 1. The number of hydrogen-bond acceptors (Lipinski definition) is 5. The fraction of sp³-hybridized carbons (Fsp3) is 0.0417. The van der Waals surface area contributed by atoms with Gasteiger partial charge in [0, 0.05) is 29.2 Å². The second kappa shape index (κ2) is 8.35. The molecule has 1 N–H and O–H groups in total. The maximum absolute atomic E-state index is 13.8. The first-order valence-corrected chi connectivity index (χ1v) is 9.94. The van der Waals surface area contributed by atoms with Gasteiger partial charge in [-0.3, -0.25) is 9.78 Å². The molecule has 1 amide bonds. The molecule has 3 heterocycles. The molecule has 0 atom stereocenters. The number of pyridine rings is 1. The Morgan fingerprint density at radius 1 is 0.938 bits per heavy atom. The minimum atomic E-state index is -0.396. The Morgan fingerprint density at radius 2 is 1.81 bits per heavy atom. The SMILES string of the molecule is O=C(Cc1ccccc1F)Nc1cccc(-c2ccc3nnc(-c4cccnc4)n3n2)c1. The van der Waals surface area contributed by atoms with Crippen LogP contribution in [0.15, 0.2) is 85.2 Å². The van der Waals surface area contributed by atoms with Gasteiger partial charge in [0.2, 0.25) is 5.91 Å². The number of benzene rings is 2. The molecule has 0 saturated heterocycles. The highest BCUT2D eigenvalue weighted by Gasteiger charge is 2.12. The van der Waals surface area contributed by atoms with E-state index in [2.05, 4.69) is 25.6 Å². The quantitative estimate of drug-likeness (QED) is 0.458. The van der Waals surface area contributed by atoms with Crippen LogP contribution in [0.2, 0.25) is 0 Å². The number of nitrogens with zero attached hydrogens (tertiary/aromatic N) is 5. The number of halogens is 1. The lowest BCUT2D eigenvalue weighted by Gasteiger charge is -2.08. The third-order valence-corrected chi connectivity index (χ3v) is 4.93. The van der Waals surface area contributed by atoms with E-state index >= 15 is 0 Å². The topological polar surface area (TPSA) is 85.1 Å². The number of rotatable bonds is 5. The van der Waals surface area contributed by atoms with E-state index in [-0.39, 0.29) is 12.3 Å². The molecule has 5 aromatic rings. The molecule has 156 valence electrons. The Bertz CT molecular complexity index is 1420. The summed E-state index contributed by atoms with van der Waals surface area (Å²) in [6.07, 6.45) is 3.35. The van der Waals surface area contributed by atoms with Crippen LogP contribution < -0.4 is 5.32 Å². The van der Waals surface area contributed by atoms with Gasteiger partial charge in [-0.1, -0.05) is 30.3 Å². The molecule has 8 heteroatoms. The smallest absolute Gasteiger partial charge is 0.228 e. The fourth-order valence-electron chi connectivity index (χ4n) is 3.39. The number of carbonyl (C=O) groups excluding carboxylic acids is 1. The predicted molar refractivity (Wildman–Crippen MR) is 118 cm³/mol. The molecule has 0 saturated carbocycles. The summed E-state index contributed by atoms with van der Waals surface area (Å²) in [5.74, 6) is -0.107. The van der Waals surface area contributed by atoms with Crippen LogP contribution >= 0.6 is 0 Å². The zero-order valence-electron chi connectivity index (χ0n) is 16.8. The largest absolute Gasteiger partial charge is 0.326 e. The minimum Gasteiger partial charge on any atom is -0.326 e. The van der Waals surface area contributed by atoms with Gasteiger partial charge >= 0.3 is 0 Å². The summed E-state index contributed by atoms with van der Waals surface area (Å²) in [6.45, 7) is 0. The fourth-order valence-corrected chi connectivity index (χ4v) is 3.39. The van der Waals surface area contributed by atoms with Gasteiger partial charge in [-0.15, -0.1) is 10.2 Å². The average molecular weight is 424 g/mol.